The van der Waals surface area contributed by atoms with Gasteiger partial charge in [0.2, 0.25) is 0 Å². The van der Waals surface area contributed by atoms with Crippen molar-refractivity contribution >= 4 is 5.97 Å². The fourth-order valence-electron chi connectivity index (χ4n) is 3.68. The van der Waals surface area contributed by atoms with E-state index in [9.17, 15) is 9.90 Å². The smallest absolute Gasteiger partial charge is 0.320 e. The number of carbonyl (C=O) groups is 1. The van der Waals surface area contributed by atoms with Crippen molar-refractivity contribution in [3.8, 4) is 0 Å². The molecule has 21 heavy (non-hydrogen) atoms. The number of aliphatic carboxylic acids is 1. The Hall–Kier alpha value is -1.36. The molecule has 1 unspecified atom stereocenters. The summed E-state index contributed by atoms with van der Waals surface area (Å²) in [4.78, 5) is 13.4. The van der Waals surface area contributed by atoms with Crippen LogP contribution in [0.4, 0.5) is 0 Å². The van der Waals surface area contributed by atoms with Gasteiger partial charge < -0.3 is 5.11 Å². The summed E-state index contributed by atoms with van der Waals surface area (Å²) in [7, 11) is 0. The van der Waals surface area contributed by atoms with Crippen molar-refractivity contribution in [2.75, 3.05) is 6.54 Å². The number of carboxylic acid groups (broad SMARTS) is 1. The molecule has 1 saturated carbocycles. The van der Waals surface area contributed by atoms with Gasteiger partial charge in [0.1, 0.15) is 6.04 Å². The topological polar surface area (TPSA) is 58.4 Å². The maximum absolute atomic E-state index is 11.3. The highest BCUT2D eigenvalue weighted by Crippen LogP contribution is 2.27. The maximum atomic E-state index is 11.3. The van der Waals surface area contributed by atoms with Crippen molar-refractivity contribution in [2.24, 2.45) is 0 Å². The van der Waals surface area contributed by atoms with Crippen LogP contribution in [0, 0.1) is 0 Å². The summed E-state index contributed by atoms with van der Waals surface area (Å²) < 4.78 is 2.11. The van der Waals surface area contributed by atoms with E-state index in [1.165, 1.54) is 32.1 Å². The van der Waals surface area contributed by atoms with E-state index in [0.717, 1.165) is 31.5 Å². The summed E-state index contributed by atoms with van der Waals surface area (Å²) in [5, 5.41) is 14.0. The summed E-state index contributed by atoms with van der Waals surface area (Å²) >= 11 is 0. The minimum atomic E-state index is -0.693. The molecule has 0 amide bonds. The van der Waals surface area contributed by atoms with Crippen molar-refractivity contribution in [3.63, 3.8) is 0 Å². The lowest BCUT2D eigenvalue weighted by molar-refractivity contribution is -0.144. The van der Waals surface area contributed by atoms with Crippen LogP contribution in [0.2, 0.25) is 0 Å². The highest BCUT2D eigenvalue weighted by Gasteiger charge is 2.28. The average Bonchev–Trinajstić information content (AvgIpc) is 2.97. The lowest BCUT2D eigenvalue weighted by Gasteiger charge is -2.32. The number of piperidine rings is 1. The van der Waals surface area contributed by atoms with Crippen molar-refractivity contribution in [2.45, 2.75) is 70.0 Å². The summed E-state index contributed by atoms with van der Waals surface area (Å²) in [6.45, 7) is 1.53. The molecule has 1 aromatic heterocycles. The van der Waals surface area contributed by atoms with Gasteiger partial charge in [-0.1, -0.05) is 25.7 Å². The van der Waals surface area contributed by atoms with E-state index in [4.69, 9.17) is 5.10 Å². The molecule has 1 aliphatic carbocycles. The van der Waals surface area contributed by atoms with Gasteiger partial charge in [-0.2, -0.15) is 5.10 Å². The minimum absolute atomic E-state index is 0.335. The first-order chi connectivity index (χ1) is 10.2. The normalized spacial score (nSPS) is 25.0. The van der Waals surface area contributed by atoms with E-state index < -0.39 is 5.97 Å². The Bertz CT molecular complexity index is 480. The van der Waals surface area contributed by atoms with Crippen molar-refractivity contribution in [1.82, 2.24) is 14.7 Å². The Balaban J connectivity index is 1.64. The Morgan fingerprint density at radius 3 is 2.71 bits per heavy atom. The molecule has 2 heterocycles. The van der Waals surface area contributed by atoms with E-state index >= 15 is 0 Å². The molecule has 0 aromatic carbocycles. The van der Waals surface area contributed by atoms with Gasteiger partial charge in [-0.15, -0.1) is 0 Å². The molecule has 5 heteroatoms. The SMILES string of the molecule is O=C(O)C1CCCCN1Cc1ccn(C2CCCCC2)n1. The third-order valence-electron chi connectivity index (χ3n) is 4.88. The lowest BCUT2D eigenvalue weighted by Crippen LogP contribution is -2.44. The molecular formula is C16H25N3O2. The van der Waals surface area contributed by atoms with Gasteiger partial charge in [-0.3, -0.25) is 14.4 Å². The molecule has 3 rings (SSSR count). The van der Waals surface area contributed by atoms with E-state index in [2.05, 4.69) is 21.8 Å². The summed E-state index contributed by atoms with van der Waals surface area (Å²) in [6.07, 6.45) is 11.3. The minimum Gasteiger partial charge on any atom is -0.480 e. The number of likely N-dealkylation sites (tertiary alicyclic amines) is 1. The molecule has 1 atom stereocenters. The number of nitrogens with zero attached hydrogens (tertiary/aromatic N) is 3. The zero-order chi connectivity index (χ0) is 14.7. The Morgan fingerprint density at radius 2 is 1.95 bits per heavy atom. The van der Waals surface area contributed by atoms with Gasteiger partial charge in [0, 0.05) is 12.7 Å². The van der Waals surface area contributed by atoms with Gasteiger partial charge in [0.25, 0.3) is 0 Å². The van der Waals surface area contributed by atoms with Crippen LogP contribution in [0.3, 0.4) is 0 Å². The van der Waals surface area contributed by atoms with Gasteiger partial charge in [-0.05, 0) is 38.3 Å². The quantitative estimate of drug-likeness (QED) is 0.926. The molecule has 0 radical (unpaired) electrons. The van der Waals surface area contributed by atoms with Crippen LogP contribution < -0.4 is 0 Å². The summed E-state index contributed by atoms with van der Waals surface area (Å²) in [5.74, 6) is -0.693. The molecule has 2 aliphatic rings. The molecule has 1 saturated heterocycles. The number of rotatable bonds is 4. The van der Waals surface area contributed by atoms with Gasteiger partial charge in [-0.25, -0.2) is 0 Å². The van der Waals surface area contributed by atoms with Crippen LogP contribution in [-0.4, -0.2) is 38.3 Å². The monoisotopic (exact) mass is 291 g/mol. The number of hydrogen-bond acceptors (Lipinski definition) is 3. The van der Waals surface area contributed by atoms with E-state index in [1.807, 2.05) is 0 Å². The second-order valence-electron chi connectivity index (χ2n) is 6.40. The van der Waals surface area contributed by atoms with Crippen LogP contribution in [0.25, 0.3) is 0 Å². The predicted octanol–water partition coefficient (Wildman–Crippen LogP) is 2.83. The highest BCUT2D eigenvalue weighted by atomic mass is 16.4. The Morgan fingerprint density at radius 1 is 1.19 bits per heavy atom. The van der Waals surface area contributed by atoms with Crippen molar-refractivity contribution < 1.29 is 9.90 Å². The third-order valence-corrected chi connectivity index (χ3v) is 4.88. The van der Waals surface area contributed by atoms with Gasteiger partial charge in [0.15, 0.2) is 0 Å². The fourth-order valence-corrected chi connectivity index (χ4v) is 3.68. The highest BCUT2D eigenvalue weighted by molar-refractivity contribution is 5.73. The number of carboxylic acids is 1. The van der Waals surface area contributed by atoms with Crippen molar-refractivity contribution in [1.29, 1.82) is 0 Å². The first kappa shape index (κ1) is 14.6. The molecular weight excluding hydrogens is 266 g/mol. The van der Waals surface area contributed by atoms with Crippen LogP contribution in [-0.2, 0) is 11.3 Å². The number of aromatic nitrogens is 2. The van der Waals surface area contributed by atoms with Crippen LogP contribution in [0.5, 0.6) is 0 Å². The summed E-state index contributed by atoms with van der Waals surface area (Å²) in [5.41, 5.74) is 1.01. The second kappa shape index (κ2) is 6.60. The molecule has 1 aromatic rings. The van der Waals surface area contributed by atoms with Gasteiger partial charge >= 0.3 is 5.97 Å². The molecule has 1 N–H and O–H groups in total. The molecule has 5 nitrogen and oxygen atoms in total. The first-order valence-electron chi connectivity index (χ1n) is 8.25. The standard InChI is InChI=1S/C16H25N3O2/c20-16(21)15-8-4-5-10-18(15)12-13-9-11-19(17-13)14-6-2-1-3-7-14/h9,11,14-15H,1-8,10,12H2,(H,20,21). The number of hydrogen-bond donors (Lipinski definition) is 1. The molecule has 116 valence electrons. The predicted molar refractivity (Wildman–Crippen MR) is 80.0 cm³/mol. The molecule has 1 aliphatic heterocycles. The van der Waals surface area contributed by atoms with E-state index in [-0.39, 0.29) is 6.04 Å². The van der Waals surface area contributed by atoms with E-state index in [1.54, 1.807) is 0 Å². The van der Waals surface area contributed by atoms with Crippen LogP contribution >= 0.6 is 0 Å². The largest absolute Gasteiger partial charge is 0.480 e. The fraction of sp³-hybridized carbons (Fsp3) is 0.750. The average molecular weight is 291 g/mol. The van der Waals surface area contributed by atoms with Crippen molar-refractivity contribution in [3.05, 3.63) is 18.0 Å². The van der Waals surface area contributed by atoms with Gasteiger partial charge in [0.05, 0.1) is 11.7 Å². The molecule has 2 fully saturated rings. The third kappa shape index (κ3) is 3.46. The Kier molecular flexibility index (Phi) is 4.58. The maximum Gasteiger partial charge on any atom is 0.320 e. The second-order valence-corrected chi connectivity index (χ2v) is 6.40. The van der Waals surface area contributed by atoms with Crippen LogP contribution in [0.1, 0.15) is 63.1 Å². The zero-order valence-corrected chi connectivity index (χ0v) is 12.6. The molecule has 0 spiro atoms. The Labute approximate surface area is 125 Å². The zero-order valence-electron chi connectivity index (χ0n) is 12.6. The first-order valence-corrected chi connectivity index (χ1v) is 8.25. The summed E-state index contributed by atoms with van der Waals surface area (Å²) in [6, 6.07) is 2.27. The van der Waals surface area contributed by atoms with E-state index in [0.29, 0.717) is 12.6 Å². The lowest BCUT2D eigenvalue weighted by atomic mass is 9.96. The molecule has 0 bridgehead atoms. The van der Waals surface area contributed by atoms with Crippen LogP contribution in [0.15, 0.2) is 12.3 Å².